The van der Waals surface area contributed by atoms with Crippen molar-refractivity contribution in [3.63, 3.8) is 0 Å². The highest BCUT2D eigenvalue weighted by Crippen LogP contribution is 2.67. The summed E-state index contributed by atoms with van der Waals surface area (Å²) in [6.07, 6.45) is 0.733. The number of aliphatic hydroxyl groups excluding tert-OH is 2. The van der Waals surface area contributed by atoms with E-state index in [0.29, 0.717) is 12.8 Å². The number of esters is 1. The molecule has 0 aromatic heterocycles. The van der Waals surface area contributed by atoms with Crippen LogP contribution in [-0.4, -0.2) is 86.7 Å². The second-order valence-electron chi connectivity index (χ2n) is 12.2. The van der Waals surface area contributed by atoms with E-state index < -0.39 is 63.6 Å². The number of ketones is 1. The van der Waals surface area contributed by atoms with Crippen molar-refractivity contribution in [3.8, 4) is 0 Å². The summed E-state index contributed by atoms with van der Waals surface area (Å²) in [5.74, 6) is -1.75. The molecule has 0 spiro atoms. The quantitative estimate of drug-likeness (QED) is 0.384. The van der Waals surface area contributed by atoms with Crippen LogP contribution in [0.1, 0.15) is 66.7 Å². The molecular formula is C26H42ClNO7. The molecule has 2 heterocycles. The van der Waals surface area contributed by atoms with E-state index in [9.17, 15) is 24.9 Å². The zero-order valence-electron chi connectivity index (χ0n) is 21.6. The number of ether oxygens (including phenoxy) is 2. The molecule has 2 aliphatic carbocycles. The highest BCUT2D eigenvalue weighted by atomic mass is 35.5. The third-order valence-electron chi connectivity index (χ3n) is 9.54. The summed E-state index contributed by atoms with van der Waals surface area (Å²) in [5, 5.41) is 35.5. The molecule has 4 rings (SSSR count). The van der Waals surface area contributed by atoms with Crippen LogP contribution in [-0.2, 0) is 19.1 Å². The minimum absolute atomic E-state index is 0. The summed E-state index contributed by atoms with van der Waals surface area (Å²) < 4.78 is 12.3. The molecule has 0 aromatic rings. The Kier molecular flexibility index (Phi) is 7.39. The zero-order chi connectivity index (χ0) is 25.3. The van der Waals surface area contributed by atoms with Gasteiger partial charge in [-0.3, -0.25) is 14.5 Å². The molecule has 0 bridgehead atoms. The molecule has 4 unspecified atom stereocenters. The van der Waals surface area contributed by atoms with Crippen LogP contribution in [0.15, 0.2) is 12.7 Å². The van der Waals surface area contributed by atoms with Gasteiger partial charge < -0.3 is 24.8 Å². The van der Waals surface area contributed by atoms with Crippen molar-refractivity contribution in [2.45, 2.75) is 102 Å². The first-order valence-corrected chi connectivity index (χ1v) is 12.5. The van der Waals surface area contributed by atoms with Crippen LogP contribution in [0.3, 0.4) is 0 Å². The molecule has 200 valence electrons. The maximum absolute atomic E-state index is 13.8. The standard InChI is InChI=1S/C26H41NO7.ClH/c1-7-23(4)14-17(29)26(32)24(5)16(28)10-11-22(2,3)20(24)19(31)21(25(26,6)34-23)33-18(30)15-27-12-8-9-13-27;/h7,16,19-21,28,31-32H,1,8-15H2,2-6H3;1H/t16-,19?,20?,21?,23-,24?,25+,26-;/m0./s1. The lowest BCUT2D eigenvalue weighted by Crippen LogP contribution is -2.86. The van der Waals surface area contributed by atoms with Gasteiger partial charge in [-0.15, -0.1) is 19.0 Å². The zero-order valence-corrected chi connectivity index (χ0v) is 22.4. The fourth-order valence-electron chi connectivity index (χ4n) is 7.78. The van der Waals surface area contributed by atoms with Crippen LogP contribution in [0.2, 0.25) is 0 Å². The van der Waals surface area contributed by atoms with Crippen LogP contribution in [0.25, 0.3) is 0 Å². The van der Waals surface area contributed by atoms with Crippen molar-refractivity contribution in [2.75, 3.05) is 19.6 Å². The number of aliphatic hydroxyl groups is 3. The smallest absolute Gasteiger partial charge is 0.320 e. The Balaban J connectivity index is 0.00000342. The number of nitrogens with zero attached hydrogens (tertiary/aromatic N) is 1. The fraction of sp³-hybridized carbons (Fsp3) is 0.846. The topological polar surface area (TPSA) is 117 Å². The van der Waals surface area contributed by atoms with Crippen LogP contribution in [0.5, 0.6) is 0 Å². The fourth-order valence-corrected chi connectivity index (χ4v) is 7.78. The normalized spacial score (nSPS) is 47.3. The Morgan fingerprint density at radius 1 is 1.20 bits per heavy atom. The van der Waals surface area contributed by atoms with Crippen molar-refractivity contribution < 1.29 is 34.4 Å². The predicted octanol–water partition coefficient (Wildman–Crippen LogP) is 2.02. The Labute approximate surface area is 214 Å². The van der Waals surface area contributed by atoms with Gasteiger partial charge in [0, 0.05) is 17.8 Å². The molecule has 2 saturated heterocycles. The number of hydrogen-bond acceptors (Lipinski definition) is 8. The van der Waals surface area contributed by atoms with Crippen LogP contribution >= 0.6 is 12.4 Å². The Morgan fingerprint density at radius 3 is 2.37 bits per heavy atom. The highest BCUT2D eigenvalue weighted by molar-refractivity contribution is 5.92. The number of halogens is 1. The van der Waals surface area contributed by atoms with Gasteiger partial charge in [0.25, 0.3) is 0 Å². The van der Waals surface area contributed by atoms with E-state index in [2.05, 4.69) is 6.58 Å². The van der Waals surface area contributed by atoms with Crippen molar-refractivity contribution in [1.29, 1.82) is 0 Å². The van der Waals surface area contributed by atoms with Gasteiger partial charge in [0.05, 0.1) is 24.4 Å². The van der Waals surface area contributed by atoms with Crippen molar-refractivity contribution in [3.05, 3.63) is 12.7 Å². The van der Waals surface area contributed by atoms with Crippen LogP contribution in [0, 0.1) is 16.7 Å². The van der Waals surface area contributed by atoms with E-state index in [1.165, 1.54) is 13.0 Å². The molecular weight excluding hydrogens is 474 g/mol. The number of carbonyl (C=O) groups is 2. The van der Waals surface area contributed by atoms with Crippen molar-refractivity contribution in [2.24, 2.45) is 16.7 Å². The third kappa shape index (κ3) is 3.91. The molecule has 8 atom stereocenters. The second-order valence-corrected chi connectivity index (χ2v) is 12.2. The van der Waals surface area contributed by atoms with Gasteiger partial charge in [-0.05, 0) is 58.0 Å². The van der Waals surface area contributed by atoms with Gasteiger partial charge in [0.1, 0.15) is 5.60 Å². The molecule has 2 aliphatic heterocycles. The van der Waals surface area contributed by atoms with E-state index in [0.717, 1.165) is 25.9 Å². The minimum Gasteiger partial charge on any atom is -0.455 e. The molecule has 0 amide bonds. The van der Waals surface area contributed by atoms with E-state index >= 15 is 0 Å². The first-order chi connectivity index (χ1) is 15.7. The van der Waals surface area contributed by atoms with Gasteiger partial charge in [0.2, 0.25) is 0 Å². The van der Waals surface area contributed by atoms with Gasteiger partial charge >= 0.3 is 5.97 Å². The van der Waals surface area contributed by atoms with E-state index in [-0.39, 0.29) is 25.4 Å². The molecule has 0 aromatic carbocycles. The molecule has 3 N–H and O–H groups in total. The Morgan fingerprint density at radius 2 is 1.80 bits per heavy atom. The summed E-state index contributed by atoms with van der Waals surface area (Å²) in [6.45, 7) is 14.3. The first-order valence-electron chi connectivity index (χ1n) is 12.5. The van der Waals surface area contributed by atoms with E-state index in [4.69, 9.17) is 9.47 Å². The molecule has 9 heteroatoms. The average Bonchev–Trinajstić information content (AvgIpc) is 3.24. The van der Waals surface area contributed by atoms with Crippen LogP contribution < -0.4 is 0 Å². The SMILES string of the molecule is C=C[C@@]1(C)CC(=O)[C@]2(O)C3(C)C(C(O)C(OC(=O)CN4CCCC4)[C@@]2(C)O1)C(C)(C)CC[C@@H]3O.Cl. The maximum atomic E-state index is 13.8. The number of fused-ring (bicyclic) bond motifs is 3. The van der Waals surface area contributed by atoms with Gasteiger partial charge in [-0.2, -0.15) is 0 Å². The summed E-state index contributed by atoms with van der Waals surface area (Å²) in [6, 6.07) is 0. The molecule has 0 radical (unpaired) electrons. The minimum atomic E-state index is -2.19. The average molecular weight is 516 g/mol. The molecule has 4 fully saturated rings. The molecule has 8 nitrogen and oxygen atoms in total. The monoisotopic (exact) mass is 515 g/mol. The lowest BCUT2D eigenvalue weighted by atomic mass is 9.40. The summed E-state index contributed by atoms with van der Waals surface area (Å²) >= 11 is 0. The van der Waals surface area contributed by atoms with Gasteiger partial charge in [-0.1, -0.05) is 26.8 Å². The number of carbonyl (C=O) groups excluding carboxylic acids is 2. The van der Waals surface area contributed by atoms with E-state index in [1.807, 2.05) is 18.7 Å². The third-order valence-corrected chi connectivity index (χ3v) is 9.54. The summed E-state index contributed by atoms with van der Waals surface area (Å²) in [7, 11) is 0. The number of rotatable bonds is 4. The summed E-state index contributed by atoms with van der Waals surface area (Å²) in [4.78, 5) is 28.9. The van der Waals surface area contributed by atoms with Gasteiger partial charge in [0.15, 0.2) is 17.5 Å². The Hall–Kier alpha value is -1.03. The molecule has 4 aliphatic rings. The number of likely N-dealkylation sites (tertiary alicyclic amines) is 1. The predicted molar refractivity (Wildman–Crippen MR) is 132 cm³/mol. The lowest BCUT2D eigenvalue weighted by Gasteiger charge is -2.71. The van der Waals surface area contributed by atoms with Crippen molar-refractivity contribution >= 4 is 24.2 Å². The van der Waals surface area contributed by atoms with E-state index in [1.54, 1.807) is 13.8 Å². The largest absolute Gasteiger partial charge is 0.455 e. The number of hydrogen-bond donors (Lipinski definition) is 3. The maximum Gasteiger partial charge on any atom is 0.320 e. The first kappa shape index (κ1) is 28.5. The molecule has 35 heavy (non-hydrogen) atoms. The van der Waals surface area contributed by atoms with Crippen LogP contribution in [0.4, 0.5) is 0 Å². The van der Waals surface area contributed by atoms with Gasteiger partial charge in [-0.25, -0.2) is 0 Å². The van der Waals surface area contributed by atoms with Crippen molar-refractivity contribution in [1.82, 2.24) is 4.90 Å². The Bertz CT molecular complexity index is 876. The summed E-state index contributed by atoms with van der Waals surface area (Å²) in [5.41, 5.74) is -7.08. The molecule has 2 saturated carbocycles. The number of Topliss-reactive ketones (excluding diaryl/α,β-unsaturated/α-hetero) is 1. The highest BCUT2D eigenvalue weighted by Gasteiger charge is 2.81. The lowest BCUT2D eigenvalue weighted by molar-refractivity contribution is -0.370. The second kappa shape index (κ2) is 9.07.